The van der Waals surface area contributed by atoms with Crippen LogP contribution in [0.5, 0.6) is 0 Å². The first-order valence-electron chi connectivity index (χ1n) is 10.7. The molecule has 0 aromatic carbocycles. The van der Waals surface area contributed by atoms with Crippen LogP contribution < -0.4 is 10.5 Å². The number of carboxylic acids is 1. The Morgan fingerprint density at radius 2 is 1.97 bits per heavy atom. The van der Waals surface area contributed by atoms with Crippen LogP contribution in [0.2, 0.25) is 0 Å². The maximum Gasteiger partial charge on any atom is 0.303 e. The Morgan fingerprint density at radius 3 is 2.72 bits per heavy atom. The third-order valence-corrected chi connectivity index (χ3v) is 6.95. The van der Waals surface area contributed by atoms with Gasteiger partial charge in [0.05, 0.1) is 10.5 Å². The predicted octanol–water partition coefficient (Wildman–Crippen LogP) is 3.14. The van der Waals surface area contributed by atoms with Gasteiger partial charge in [0.25, 0.3) is 11.5 Å². The second kappa shape index (κ2) is 9.83. The highest BCUT2D eigenvalue weighted by Gasteiger charge is 2.32. The molecule has 0 unspecified atom stereocenters. The van der Waals surface area contributed by atoms with Crippen LogP contribution in [0.25, 0.3) is 11.7 Å². The van der Waals surface area contributed by atoms with Crippen LogP contribution in [0.3, 0.4) is 0 Å². The number of anilines is 1. The number of thiocarbonyl (C=S) groups is 1. The van der Waals surface area contributed by atoms with Gasteiger partial charge in [0.15, 0.2) is 0 Å². The van der Waals surface area contributed by atoms with Gasteiger partial charge < -0.3 is 10.0 Å². The van der Waals surface area contributed by atoms with Crippen molar-refractivity contribution in [2.24, 2.45) is 0 Å². The van der Waals surface area contributed by atoms with Gasteiger partial charge in [-0.25, -0.2) is 4.98 Å². The van der Waals surface area contributed by atoms with E-state index in [-0.39, 0.29) is 17.9 Å². The number of unbranched alkanes of at least 4 members (excludes halogenated alkanes) is 2. The lowest BCUT2D eigenvalue weighted by Crippen LogP contribution is -2.29. The summed E-state index contributed by atoms with van der Waals surface area (Å²) in [6.07, 6.45) is 7.46. The van der Waals surface area contributed by atoms with Crippen LogP contribution in [0, 0.1) is 0 Å². The van der Waals surface area contributed by atoms with Crippen LogP contribution in [0.4, 0.5) is 5.82 Å². The normalized spacial score (nSPS) is 17.8. The van der Waals surface area contributed by atoms with E-state index in [2.05, 4.69) is 4.90 Å². The van der Waals surface area contributed by atoms with Gasteiger partial charge in [0.1, 0.15) is 15.8 Å². The molecule has 168 valence electrons. The Labute approximate surface area is 194 Å². The summed E-state index contributed by atoms with van der Waals surface area (Å²) >= 11 is 6.60. The number of hydrogen-bond donors (Lipinski definition) is 1. The minimum absolute atomic E-state index is 0.122. The van der Waals surface area contributed by atoms with Gasteiger partial charge in [-0.1, -0.05) is 36.5 Å². The molecule has 8 nitrogen and oxygen atoms in total. The van der Waals surface area contributed by atoms with E-state index in [1.807, 2.05) is 6.07 Å². The molecule has 2 aliphatic rings. The molecule has 1 amide bonds. The number of rotatable bonds is 8. The van der Waals surface area contributed by atoms with Crippen molar-refractivity contribution < 1.29 is 14.7 Å². The molecule has 0 atom stereocenters. The fourth-order valence-corrected chi connectivity index (χ4v) is 5.22. The zero-order valence-corrected chi connectivity index (χ0v) is 19.2. The van der Waals surface area contributed by atoms with Gasteiger partial charge in [-0.05, 0) is 43.9 Å². The quantitative estimate of drug-likeness (QED) is 0.356. The topological polar surface area (TPSA) is 95.2 Å². The number of fused-ring (bicyclic) bond motifs is 1. The highest BCUT2D eigenvalue weighted by atomic mass is 32.2. The Hall–Kier alpha value is -2.72. The van der Waals surface area contributed by atoms with Crippen LogP contribution in [-0.4, -0.2) is 55.2 Å². The standard InChI is InChI=1S/C22H24N4O4S2/c27-18(28)9-2-1-4-13-26-21(30)16(32-22(26)31)14-15-19(24-10-6-7-11-24)23-17-8-3-5-12-25(17)20(15)29/h3,5,8,12,14H,1-2,4,6-7,9-11,13H2,(H,27,28)/b16-14+. The first kappa shape index (κ1) is 22.5. The Morgan fingerprint density at radius 1 is 1.19 bits per heavy atom. The molecular weight excluding hydrogens is 448 g/mol. The number of aromatic nitrogens is 2. The molecule has 2 aromatic rings. The number of carbonyl (C=O) groups excluding carboxylic acids is 1. The average molecular weight is 473 g/mol. The van der Waals surface area contributed by atoms with Gasteiger partial charge in [0.2, 0.25) is 0 Å². The highest BCUT2D eigenvalue weighted by Crippen LogP contribution is 2.34. The molecule has 0 bridgehead atoms. The van der Waals surface area contributed by atoms with Gasteiger partial charge >= 0.3 is 5.97 Å². The summed E-state index contributed by atoms with van der Waals surface area (Å²) in [7, 11) is 0. The third kappa shape index (κ3) is 4.71. The van der Waals surface area contributed by atoms with E-state index in [4.69, 9.17) is 22.3 Å². The monoisotopic (exact) mass is 472 g/mol. The van der Waals surface area contributed by atoms with Crippen molar-refractivity contribution in [3.63, 3.8) is 0 Å². The molecule has 10 heteroatoms. The smallest absolute Gasteiger partial charge is 0.303 e. The SMILES string of the molecule is O=C(O)CCCCCN1C(=O)/C(=C\c2c(N3CCCC3)nc3ccccn3c2=O)SC1=S. The van der Waals surface area contributed by atoms with Gasteiger partial charge in [-0.15, -0.1) is 0 Å². The summed E-state index contributed by atoms with van der Waals surface area (Å²) < 4.78 is 1.95. The molecular formula is C22H24N4O4S2. The van der Waals surface area contributed by atoms with Crippen LogP contribution in [-0.2, 0) is 9.59 Å². The summed E-state index contributed by atoms with van der Waals surface area (Å²) in [5.74, 6) is -0.427. The third-order valence-electron chi connectivity index (χ3n) is 5.58. The largest absolute Gasteiger partial charge is 0.481 e. The maximum absolute atomic E-state index is 13.3. The zero-order chi connectivity index (χ0) is 22.7. The first-order chi connectivity index (χ1) is 15.5. The molecule has 0 spiro atoms. The summed E-state index contributed by atoms with van der Waals surface area (Å²) in [5.41, 5.74) is 0.763. The molecule has 2 fully saturated rings. The molecule has 4 rings (SSSR count). The molecule has 1 N–H and O–H groups in total. The molecule has 32 heavy (non-hydrogen) atoms. The number of hydrogen-bond acceptors (Lipinski definition) is 7. The van der Waals surface area contributed by atoms with Crippen molar-refractivity contribution in [3.05, 3.63) is 45.2 Å². The van der Waals surface area contributed by atoms with Gasteiger partial charge in [-0.2, -0.15) is 0 Å². The van der Waals surface area contributed by atoms with E-state index in [0.29, 0.717) is 52.1 Å². The molecule has 2 saturated heterocycles. The van der Waals surface area contributed by atoms with Crippen LogP contribution >= 0.6 is 24.0 Å². The fraction of sp³-hybridized carbons (Fsp3) is 0.409. The number of thioether (sulfide) groups is 1. The minimum Gasteiger partial charge on any atom is -0.481 e. The predicted molar refractivity (Wildman–Crippen MR) is 129 cm³/mol. The number of aliphatic carboxylic acids is 1. The maximum atomic E-state index is 13.3. The van der Waals surface area contributed by atoms with E-state index in [0.717, 1.165) is 25.9 Å². The van der Waals surface area contributed by atoms with E-state index < -0.39 is 5.97 Å². The van der Waals surface area contributed by atoms with Crippen molar-refractivity contribution in [1.29, 1.82) is 0 Å². The number of pyridine rings is 1. The molecule has 0 radical (unpaired) electrons. The van der Waals surface area contributed by atoms with Crippen molar-refractivity contribution >= 4 is 57.7 Å². The second-order valence-electron chi connectivity index (χ2n) is 7.81. The molecule has 2 aliphatic heterocycles. The van der Waals surface area contributed by atoms with Crippen LogP contribution in [0.1, 0.15) is 44.1 Å². The summed E-state index contributed by atoms with van der Waals surface area (Å²) in [6.45, 7) is 2.09. The van der Waals surface area contributed by atoms with E-state index in [1.165, 1.54) is 21.1 Å². The minimum atomic E-state index is -0.817. The van der Waals surface area contributed by atoms with Crippen molar-refractivity contribution in [1.82, 2.24) is 14.3 Å². The lowest BCUT2D eigenvalue weighted by Gasteiger charge is -2.19. The summed E-state index contributed by atoms with van der Waals surface area (Å²) in [5, 5.41) is 8.74. The van der Waals surface area contributed by atoms with Gasteiger partial charge in [-0.3, -0.25) is 23.7 Å². The molecule has 0 saturated carbocycles. The number of carbonyl (C=O) groups is 2. The molecule has 0 aliphatic carbocycles. The van der Waals surface area contributed by atoms with E-state index in [1.54, 1.807) is 24.4 Å². The Balaban J connectivity index is 1.61. The number of carboxylic acid groups (broad SMARTS) is 1. The molecule has 2 aromatic heterocycles. The molecule has 4 heterocycles. The lowest BCUT2D eigenvalue weighted by atomic mass is 10.2. The van der Waals surface area contributed by atoms with Gasteiger partial charge in [0, 0.05) is 32.3 Å². The summed E-state index contributed by atoms with van der Waals surface area (Å²) in [6, 6.07) is 5.42. The Bertz CT molecular complexity index is 1150. The Kier molecular flexibility index (Phi) is 6.90. The summed E-state index contributed by atoms with van der Waals surface area (Å²) in [4.78, 5) is 45.7. The highest BCUT2D eigenvalue weighted by molar-refractivity contribution is 8.26. The van der Waals surface area contributed by atoms with Crippen molar-refractivity contribution in [3.8, 4) is 0 Å². The lowest BCUT2D eigenvalue weighted by molar-refractivity contribution is -0.137. The first-order valence-corrected chi connectivity index (χ1v) is 11.9. The number of nitrogens with zero attached hydrogens (tertiary/aromatic N) is 4. The zero-order valence-electron chi connectivity index (χ0n) is 17.5. The van der Waals surface area contributed by atoms with Crippen LogP contribution in [0.15, 0.2) is 34.1 Å². The number of amides is 1. The van der Waals surface area contributed by atoms with E-state index in [9.17, 15) is 14.4 Å². The van der Waals surface area contributed by atoms with E-state index >= 15 is 0 Å². The average Bonchev–Trinajstić information content (AvgIpc) is 3.39. The second-order valence-corrected chi connectivity index (χ2v) is 9.49. The van der Waals surface area contributed by atoms with Crippen molar-refractivity contribution in [2.45, 2.75) is 38.5 Å². The van der Waals surface area contributed by atoms with Crippen molar-refractivity contribution in [2.75, 3.05) is 24.5 Å². The fourth-order valence-electron chi connectivity index (χ4n) is 3.93.